The first-order valence-electron chi connectivity index (χ1n) is 6.36. The van der Waals surface area contributed by atoms with Crippen molar-refractivity contribution >= 4 is 33.9 Å². The summed E-state index contributed by atoms with van der Waals surface area (Å²) >= 11 is 1.23. The molecule has 0 aliphatic rings. The molecule has 0 saturated carbocycles. The van der Waals surface area contributed by atoms with Crippen molar-refractivity contribution in [2.24, 2.45) is 0 Å². The number of carbonyl (C=O) groups is 2. The summed E-state index contributed by atoms with van der Waals surface area (Å²) in [5.41, 5.74) is 6.48. The summed E-state index contributed by atoms with van der Waals surface area (Å²) in [7, 11) is 4.60. The van der Waals surface area contributed by atoms with Gasteiger partial charge in [-0.1, -0.05) is 0 Å². The van der Waals surface area contributed by atoms with Crippen LogP contribution in [0.25, 0.3) is 0 Å². The molecule has 0 radical (unpaired) electrons. The maximum atomic E-state index is 12.1. The second-order valence-corrected chi connectivity index (χ2v) is 5.39. The average molecular weight is 299 g/mol. The van der Waals surface area contributed by atoms with Crippen LogP contribution >= 0.6 is 11.3 Å². The molecule has 0 fully saturated rings. The number of nitrogens with zero attached hydrogens (tertiary/aromatic N) is 2. The summed E-state index contributed by atoms with van der Waals surface area (Å²) < 4.78 is 4.79. The summed E-state index contributed by atoms with van der Waals surface area (Å²) in [5.74, 6) is -0.727. The van der Waals surface area contributed by atoms with E-state index in [2.05, 4.69) is 0 Å². The summed E-state index contributed by atoms with van der Waals surface area (Å²) in [4.78, 5) is 27.9. The highest BCUT2D eigenvalue weighted by atomic mass is 32.1. The molecule has 20 heavy (non-hydrogen) atoms. The van der Waals surface area contributed by atoms with Gasteiger partial charge in [-0.2, -0.15) is 0 Å². The number of nitrogens with two attached hydrogens (primary N) is 1. The minimum absolute atomic E-state index is 0.197. The molecule has 0 saturated heterocycles. The molecule has 0 aliphatic heterocycles. The van der Waals surface area contributed by atoms with Crippen molar-refractivity contribution in [1.29, 1.82) is 0 Å². The zero-order chi connectivity index (χ0) is 15.4. The Bertz CT molecular complexity index is 507. The Morgan fingerprint density at radius 2 is 1.80 bits per heavy atom. The first-order valence-corrected chi connectivity index (χ1v) is 7.17. The molecule has 0 bridgehead atoms. The number of hydrogen-bond donors (Lipinski definition) is 1. The molecule has 7 heteroatoms. The SMILES string of the molecule is CCN(CC)c1sc(C(=O)N(C)C)c(N)c1C(=O)OC. The molecule has 0 spiro atoms. The average Bonchev–Trinajstić information content (AvgIpc) is 2.76. The maximum Gasteiger partial charge on any atom is 0.343 e. The van der Waals surface area contributed by atoms with Crippen molar-refractivity contribution in [1.82, 2.24) is 4.90 Å². The van der Waals surface area contributed by atoms with Crippen LogP contribution in [0.5, 0.6) is 0 Å². The van der Waals surface area contributed by atoms with E-state index in [1.807, 2.05) is 18.7 Å². The summed E-state index contributed by atoms with van der Waals surface area (Å²) in [6.45, 7) is 5.40. The van der Waals surface area contributed by atoms with Crippen LogP contribution in [-0.4, -0.2) is 51.1 Å². The Hall–Kier alpha value is -1.76. The van der Waals surface area contributed by atoms with Crippen molar-refractivity contribution in [2.45, 2.75) is 13.8 Å². The smallest absolute Gasteiger partial charge is 0.343 e. The van der Waals surface area contributed by atoms with Crippen LogP contribution in [0.2, 0.25) is 0 Å². The van der Waals surface area contributed by atoms with Gasteiger partial charge < -0.3 is 20.3 Å². The lowest BCUT2D eigenvalue weighted by Gasteiger charge is -2.20. The van der Waals surface area contributed by atoms with Crippen molar-refractivity contribution in [3.05, 3.63) is 10.4 Å². The minimum Gasteiger partial charge on any atom is -0.465 e. The normalized spacial score (nSPS) is 10.2. The molecule has 2 N–H and O–H groups in total. The fourth-order valence-corrected chi connectivity index (χ4v) is 3.18. The number of rotatable bonds is 5. The van der Waals surface area contributed by atoms with E-state index in [9.17, 15) is 9.59 Å². The Labute approximate surface area is 123 Å². The van der Waals surface area contributed by atoms with E-state index in [1.165, 1.54) is 23.3 Å². The van der Waals surface area contributed by atoms with Crippen LogP contribution in [0.4, 0.5) is 10.7 Å². The number of methoxy groups -OCH3 is 1. The van der Waals surface area contributed by atoms with Crippen LogP contribution in [0.3, 0.4) is 0 Å². The Morgan fingerprint density at radius 3 is 2.20 bits per heavy atom. The first-order chi connectivity index (χ1) is 9.38. The molecule has 0 atom stereocenters. The Morgan fingerprint density at radius 1 is 1.25 bits per heavy atom. The van der Waals surface area contributed by atoms with Crippen molar-refractivity contribution in [3.8, 4) is 0 Å². The van der Waals surface area contributed by atoms with E-state index in [1.54, 1.807) is 14.1 Å². The number of ether oxygens (including phenoxy) is 1. The number of esters is 1. The third-order valence-corrected chi connectivity index (χ3v) is 4.22. The number of amides is 1. The lowest BCUT2D eigenvalue weighted by molar-refractivity contribution is 0.0603. The third-order valence-electron chi connectivity index (χ3n) is 2.97. The molecule has 1 aromatic rings. The van der Waals surface area contributed by atoms with Gasteiger partial charge in [0.25, 0.3) is 5.91 Å². The van der Waals surface area contributed by atoms with Crippen LogP contribution < -0.4 is 10.6 Å². The van der Waals surface area contributed by atoms with Gasteiger partial charge in [0.15, 0.2) is 0 Å². The number of carbonyl (C=O) groups excluding carboxylic acids is 2. The van der Waals surface area contributed by atoms with Crippen molar-refractivity contribution in [3.63, 3.8) is 0 Å². The van der Waals surface area contributed by atoms with Gasteiger partial charge in [0.1, 0.15) is 15.4 Å². The van der Waals surface area contributed by atoms with Crippen molar-refractivity contribution in [2.75, 3.05) is 44.9 Å². The number of nitrogen functional groups attached to an aromatic ring is 1. The minimum atomic E-state index is -0.515. The van der Waals surface area contributed by atoms with Gasteiger partial charge in [0, 0.05) is 27.2 Å². The number of hydrogen-bond acceptors (Lipinski definition) is 6. The summed E-state index contributed by atoms with van der Waals surface area (Å²) in [5, 5.41) is 0.685. The standard InChI is InChI=1S/C13H21N3O3S/c1-6-16(7-2)12-8(13(18)19-5)9(14)10(20-12)11(17)15(3)4/h6-7,14H2,1-5H3. The van der Waals surface area contributed by atoms with Crippen LogP contribution in [0.1, 0.15) is 33.9 Å². The van der Waals surface area contributed by atoms with Crippen LogP contribution in [0, 0.1) is 0 Å². The van der Waals surface area contributed by atoms with Crippen molar-refractivity contribution < 1.29 is 14.3 Å². The van der Waals surface area contributed by atoms with Gasteiger partial charge in [0.05, 0.1) is 12.8 Å². The molecule has 1 amide bonds. The topological polar surface area (TPSA) is 75.9 Å². The highest BCUT2D eigenvalue weighted by Crippen LogP contribution is 2.39. The molecule has 6 nitrogen and oxygen atoms in total. The van der Waals surface area contributed by atoms with E-state index in [0.717, 1.165) is 13.1 Å². The molecule has 1 heterocycles. The van der Waals surface area contributed by atoms with Gasteiger partial charge in [-0.3, -0.25) is 4.79 Å². The van der Waals surface area contributed by atoms with Gasteiger partial charge in [-0.15, -0.1) is 11.3 Å². The predicted octanol–water partition coefficient (Wildman–Crippen LogP) is 1.66. The van der Waals surface area contributed by atoms with E-state index in [0.29, 0.717) is 9.88 Å². The molecule has 112 valence electrons. The van der Waals surface area contributed by atoms with Crippen LogP contribution in [0.15, 0.2) is 0 Å². The Kier molecular flexibility index (Phi) is 5.38. The quantitative estimate of drug-likeness (QED) is 0.837. The zero-order valence-corrected chi connectivity index (χ0v) is 13.3. The zero-order valence-electron chi connectivity index (χ0n) is 12.5. The van der Waals surface area contributed by atoms with Gasteiger partial charge >= 0.3 is 5.97 Å². The molecule has 0 aromatic carbocycles. The van der Waals surface area contributed by atoms with Gasteiger partial charge in [0.2, 0.25) is 0 Å². The second kappa shape index (κ2) is 6.60. The number of thiophene rings is 1. The van der Waals surface area contributed by atoms with E-state index < -0.39 is 5.97 Å². The molecule has 1 aromatic heterocycles. The summed E-state index contributed by atoms with van der Waals surface area (Å²) in [6.07, 6.45) is 0. The maximum absolute atomic E-state index is 12.1. The van der Waals surface area contributed by atoms with E-state index in [-0.39, 0.29) is 17.2 Å². The largest absolute Gasteiger partial charge is 0.465 e. The van der Waals surface area contributed by atoms with Gasteiger partial charge in [-0.05, 0) is 13.8 Å². The van der Waals surface area contributed by atoms with E-state index in [4.69, 9.17) is 10.5 Å². The number of anilines is 2. The predicted molar refractivity (Wildman–Crippen MR) is 81.6 cm³/mol. The lowest BCUT2D eigenvalue weighted by atomic mass is 10.2. The monoisotopic (exact) mass is 299 g/mol. The molecule has 0 aliphatic carbocycles. The second-order valence-electron chi connectivity index (χ2n) is 4.39. The molecule has 1 rings (SSSR count). The Balaban J connectivity index is 3.46. The fraction of sp³-hybridized carbons (Fsp3) is 0.538. The molecular weight excluding hydrogens is 278 g/mol. The first kappa shape index (κ1) is 16.3. The molecular formula is C13H21N3O3S. The fourth-order valence-electron chi connectivity index (χ4n) is 1.83. The van der Waals surface area contributed by atoms with E-state index >= 15 is 0 Å². The van der Waals surface area contributed by atoms with Gasteiger partial charge in [-0.25, -0.2) is 4.79 Å². The highest BCUT2D eigenvalue weighted by Gasteiger charge is 2.28. The lowest BCUT2D eigenvalue weighted by Crippen LogP contribution is -2.23. The molecule has 0 unspecified atom stereocenters. The highest BCUT2D eigenvalue weighted by molar-refractivity contribution is 7.19. The third kappa shape index (κ3) is 2.87. The summed E-state index contributed by atoms with van der Waals surface area (Å²) in [6, 6.07) is 0. The van der Waals surface area contributed by atoms with Crippen LogP contribution in [-0.2, 0) is 4.74 Å².